The lowest BCUT2D eigenvalue weighted by Gasteiger charge is -2.34. The van der Waals surface area contributed by atoms with Gasteiger partial charge in [-0.3, -0.25) is 0 Å². The highest BCUT2D eigenvalue weighted by Gasteiger charge is 2.27. The molecule has 1 aliphatic heterocycles. The van der Waals surface area contributed by atoms with Gasteiger partial charge in [-0.05, 0) is 45.4 Å². The van der Waals surface area contributed by atoms with Crippen LogP contribution in [0.25, 0.3) is 0 Å². The molecule has 1 unspecified atom stereocenters. The van der Waals surface area contributed by atoms with Gasteiger partial charge in [-0.25, -0.2) is 0 Å². The van der Waals surface area contributed by atoms with Gasteiger partial charge in [-0.1, -0.05) is 6.42 Å². The normalized spacial score (nSPS) is 27.9. The van der Waals surface area contributed by atoms with Crippen LogP contribution in [0.4, 0.5) is 0 Å². The molecule has 1 aromatic rings. The van der Waals surface area contributed by atoms with E-state index in [1.807, 2.05) is 13.0 Å². The van der Waals surface area contributed by atoms with E-state index in [2.05, 4.69) is 18.3 Å². The topological polar surface area (TPSA) is 25.2 Å². The summed E-state index contributed by atoms with van der Waals surface area (Å²) in [5.41, 5.74) is 0.253. The maximum absolute atomic E-state index is 5.61. The average Bonchev–Trinajstić information content (AvgIpc) is 2.51. The standard InChI is InChI=1S/C12H19NO/c1-10-5-6-11(14-10)9-12(2)7-3-4-8-13-12/h5-6,13H,3-4,7-9H2,1-2H3. The van der Waals surface area contributed by atoms with E-state index in [0.717, 1.165) is 24.5 Å². The van der Waals surface area contributed by atoms with Gasteiger partial charge in [0.25, 0.3) is 0 Å². The number of aryl methyl sites for hydroxylation is 1. The van der Waals surface area contributed by atoms with Crippen molar-refractivity contribution < 1.29 is 4.42 Å². The van der Waals surface area contributed by atoms with Gasteiger partial charge in [-0.2, -0.15) is 0 Å². The van der Waals surface area contributed by atoms with Crippen LogP contribution in [0, 0.1) is 6.92 Å². The Morgan fingerprint density at radius 1 is 1.43 bits per heavy atom. The third-order valence-electron chi connectivity index (χ3n) is 3.07. The van der Waals surface area contributed by atoms with E-state index >= 15 is 0 Å². The van der Waals surface area contributed by atoms with E-state index in [-0.39, 0.29) is 5.54 Å². The molecule has 1 N–H and O–H groups in total. The van der Waals surface area contributed by atoms with Crippen molar-refractivity contribution in [3.05, 3.63) is 23.7 Å². The Labute approximate surface area is 85.7 Å². The zero-order valence-electron chi connectivity index (χ0n) is 9.10. The second-order valence-corrected chi connectivity index (χ2v) is 4.63. The maximum atomic E-state index is 5.61. The molecular weight excluding hydrogens is 174 g/mol. The Kier molecular flexibility index (Phi) is 2.64. The molecule has 1 atom stereocenters. The summed E-state index contributed by atoms with van der Waals surface area (Å²) in [7, 11) is 0. The highest BCUT2D eigenvalue weighted by molar-refractivity contribution is 5.09. The monoisotopic (exact) mass is 193 g/mol. The Bertz CT molecular complexity index is 297. The molecule has 0 aromatic carbocycles. The smallest absolute Gasteiger partial charge is 0.105 e. The van der Waals surface area contributed by atoms with Gasteiger partial charge in [0.15, 0.2) is 0 Å². The quantitative estimate of drug-likeness (QED) is 0.781. The van der Waals surface area contributed by atoms with E-state index in [1.165, 1.54) is 19.3 Å². The number of piperidine rings is 1. The predicted molar refractivity (Wildman–Crippen MR) is 57.4 cm³/mol. The first-order chi connectivity index (χ1) is 6.68. The zero-order chi connectivity index (χ0) is 10.0. The lowest BCUT2D eigenvalue weighted by molar-refractivity contribution is 0.260. The third kappa shape index (κ3) is 2.18. The van der Waals surface area contributed by atoms with Crippen molar-refractivity contribution in [2.24, 2.45) is 0 Å². The molecule has 2 heterocycles. The van der Waals surface area contributed by atoms with Gasteiger partial charge in [-0.15, -0.1) is 0 Å². The Balaban J connectivity index is 2.01. The lowest BCUT2D eigenvalue weighted by atomic mass is 9.87. The van der Waals surface area contributed by atoms with E-state index in [4.69, 9.17) is 4.42 Å². The summed E-state index contributed by atoms with van der Waals surface area (Å²) in [5, 5.41) is 3.59. The number of hydrogen-bond acceptors (Lipinski definition) is 2. The summed E-state index contributed by atoms with van der Waals surface area (Å²) >= 11 is 0. The van der Waals surface area contributed by atoms with Crippen molar-refractivity contribution in [2.45, 2.75) is 45.1 Å². The maximum Gasteiger partial charge on any atom is 0.105 e. The van der Waals surface area contributed by atoms with E-state index in [0.29, 0.717) is 0 Å². The van der Waals surface area contributed by atoms with Crippen LogP contribution in [-0.2, 0) is 6.42 Å². The van der Waals surface area contributed by atoms with Crippen molar-refractivity contribution in [3.63, 3.8) is 0 Å². The van der Waals surface area contributed by atoms with E-state index in [9.17, 15) is 0 Å². The molecule has 14 heavy (non-hydrogen) atoms. The largest absolute Gasteiger partial charge is 0.466 e. The fourth-order valence-electron chi connectivity index (χ4n) is 2.23. The van der Waals surface area contributed by atoms with Crippen molar-refractivity contribution in [2.75, 3.05) is 6.54 Å². The first-order valence-electron chi connectivity index (χ1n) is 5.48. The van der Waals surface area contributed by atoms with E-state index in [1.54, 1.807) is 0 Å². The minimum atomic E-state index is 0.253. The molecule has 1 aliphatic rings. The van der Waals surface area contributed by atoms with Crippen molar-refractivity contribution in [3.8, 4) is 0 Å². The molecule has 2 rings (SSSR count). The molecule has 0 radical (unpaired) electrons. The first kappa shape index (κ1) is 9.78. The van der Waals surface area contributed by atoms with Crippen LogP contribution in [-0.4, -0.2) is 12.1 Å². The van der Waals surface area contributed by atoms with Gasteiger partial charge in [0.2, 0.25) is 0 Å². The molecule has 2 nitrogen and oxygen atoms in total. The third-order valence-corrected chi connectivity index (χ3v) is 3.07. The molecule has 2 heteroatoms. The van der Waals surface area contributed by atoms with Gasteiger partial charge in [0.1, 0.15) is 11.5 Å². The zero-order valence-corrected chi connectivity index (χ0v) is 9.10. The molecule has 0 amide bonds. The van der Waals surface area contributed by atoms with Crippen LogP contribution in [0.2, 0.25) is 0 Å². The highest BCUT2D eigenvalue weighted by atomic mass is 16.3. The Morgan fingerprint density at radius 3 is 2.86 bits per heavy atom. The minimum absolute atomic E-state index is 0.253. The fraction of sp³-hybridized carbons (Fsp3) is 0.667. The van der Waals surface area contributed by atoms with Crippen LogP contribution in [0.5, 0.6) is 0 Å². The van der Waals surface area contributed by atoms with Crippen molar-refractivity contribution in [1.82, 2.24) is 5.32 Å². The van der Waals surface area contributed by atoms with Gasteiger partial charge in [0.05, 0.1) is 0 Å². The van der Waals surface area contributed by atoms with Crippen LogP contribution in [0.15, 0.2) is 16.5 Å². The molecule has 0 bridgehead atoms. The summed E-state index contributed by atoms with van der Waals surface area (Å²) in [4.78, 5) is 0. The van der Waals surface area contributed by atoms with Gasteiger partial charge >= 0.3 is 0 Å². The number of hydrogen-bond donors (Lipinski definition) is 1. The van der Waals surface area contributed by atoms with Crippen molar-refractivity contribution >= 4 is 0 Å². The highest BCUT2D eigenvalue weighted by Crippen LogP contribution is 2.23. The summed E-state index contributed by atoms with van der Waals surface area (Å²) in [6, 6.07) is 4.14. The average molecular weight is 193 g/mol. The molecule has 1 saturated heterocycles. The lowest BCUT2D eigenvalue weighted by Crippen LogP contribution is -2.47. The number of furan rings is 1. The van der Waals surface area contributed by atoms with E-state index < -0.39 is 0 Å². The van der Waals surface area contributed by atoms with Crippen LogP contribution in [0.1, 0.15) is 37.7 Å². The predicted octanol–water partition coefficient (Wildman–Crippen LogP) is 2.66. The van der Waals surface area contributed by atoms with Gasteiger partial charge in [0, 0.05) is 12.0 Å². The fourth-order valence-corrected chi connectivity index (χ4v) is 2.23. The molecule has 0 aliphatic carbocycles. The van der Waals surface area contributed by atoms with Crippen LogP contribution >= 0.6 is 0 Å². The second-order valence-electron chi connectivity index (χ2n) is 4.63. The molecule has 78 valence electrons. The number of rotatable bonds is 2. The minimum Gasteiger partial charge on any atom is -0.466 e. The molecule has 0 saturated carbocycles. The second kappa shape index (κ2) is 3.77. The Morgan fingerprint density at radius 2 is 2.29 bits per heavy atom. The molecule has 1 fully saturated rings. The SMILES string of the molecule is Cc1ccc(CC2(C)CCCCN2)o1. The Hall–Kier alpha value is -0.760. The van der Waals surface area contributed by atoms with Crippen LogP contribution in [0.3, 0.4) is 0 Å². The van der Waals surface area contributed by atoms with Crippen LogP contribution < -0.4 is 5.32 Å². The molecule has 1 aromatic heterocycles. The summed E-state index contributed by atoms with van der Waals surface area (Å²) in [5.74, 6) is 2.12. The molecule has 0 spiro atoms. The van der Waals surface area contributed by atoms with Crippen molar-refractivity contribution in [1.29, 1.82) is 0 Å². The molecular formula is C12H19NO. The number of nitrogens with one attached hydrogen (secondary N) is 1. The summed E-state index contributed by atoms with van der Waals surface area (Å²) in [6.07, 6.45) is 4.92. The van der Waals surface area contributed by atoms with Gasteiger partial charge < -0.3 is 9.73 Å². The summed E-state index contributed by atoms with van der Waals surface area (Å²) in [6.45, 7) is 5.44. The summed E-state index contributed by atoms with van der Waals surface area (Å²) < 4.78 is 5.61. The first-order valence-corrected chi connectivity index (χ1v) is 5.48.